The van der Waals surface area contributed by atoms with Gasteiger partial charge in [0.15, 0.2) is 0 Å². The zero-order valence-corrected chi connectivity index (χ0v) is 8.89. The van der Waals surface area contributed by atoms with Crippen molar-refractivity contribution >= 4 is 28.9 Å². The number of nitrogens with one attached hydrogen (secondary N) is 1. The van der Waals surface area contributed by atoms with Crippen molar-refractivity contribution in [3.05, 3.63) is 23.2 Å². The number of benzene rings is 1. The molecule has 0 aromatic heterocycles. The van der Waals surface area contributed by atoms with Crippen LogP contribution in [0.2, 0.25) is 5.02 Å². The van der Waals surface area contributed by atoms with Crippen LogP contribution in [-0.4, -0.2) is 28.7 Å². The van der Waals surface area contributed by atoms with Crippen molar-refractivity contribution in [1.82, 2.24) is 0 Å². The van der Waals surface area contributed by atoms with Gasteiger partial charge in [-0.15, -0.1) is 11.6 Å². The quantitative estimate of drug-likeness (QED) is 0.554. The summed E-state index contributed by atoms with van der Waals surface area (Å²) in [6, 6.07) is 4.65. The van der Waals surface area contributed by atoms with E-state index in [-0.39, 0.29) is 18.2 Å². The Labute approximate surface area is 92.3 Å². The van der Waals surface area contributed by atoms with Crippen molar-refractivity contribution in [1.29, 1.82) is 0 Å². The van der Waals surface area contributed by atoms with Crippen LogP contribution in [0, 0.1) is 0 Å². The lowest BCUT2D eigenvalue weighted by molar-refractivity contribution is 0.211. The Morgan fingerprint density at radius 3 is 2.79 bits per heavy atom. The van der Waals surface area contributed by atoms with Crippen molar-refractivity contribution in [2.45, 2.75) is 6.10 Å². The minimum Gasteiger partial charge on any atom is -0.506 e. The van der Waals surface area contributed by atoms with Gasteiger partial charge in [-0.2, -0.15) is 0 Å². The fraction of sp³-hybridized carbons (Fsp3) is 0.333. The highest BCUT2D eigenvalue weighted by Crippen LogP contribution is 2.26. The van der Waals surface area contributed by atoms with Crippen molar-refractivity contribution in [2.24, 2.45) is 0 Å². The smallest absolute Gasteiger partial charge is 0.138 e. The average molecular weight is 236 g/mol. The van der Waals surface area contributed by atoms with Gasteiger partial charge < -0.3 is 15.5 Å². The van der Waals surface area contributed by atoms with Crippen LogP contribution < -0.4 is 5.32 Å². The van der Waals surface area contributed by atoms with E-state index in [0.29, 0.717) is 10.7 Å². The van der Waals surface area contributed by atoms with Crippen LogP contribution in [0.3, 0.4) is 0 Å². The summed E-state index contributed by atoms with van der Waals surface area (Å²) in [5.74, 6) is 0.241. The Morgan fingerprint density at radius 2 is 2.14 bits per heavy atom. The molecule has 1 aromatic carbocycles. The van der Waals surface area contributed by atoms with Crippen molar-refractivity contribution < 1.29 is 10.2 Å². The molecule has 0 amide bonds. The summed E-state index contributed by atoms with van der Waals surface area (Å²) in [4.78, 5) is 0. The van der Waals surface area contributed by atoms with E-state index in [1.165, 1.54) is 6.07 Å². The third kappa shape index (κ3) is 3.25. The van der Waals surface area contributed by atoms with Crippen molar-refractivity contribution in [2.75, 3.05) is 17.7 Å². The van der Waals surface area contributed by atoms with E-state index in [9.17, 15) is 10.2 Å². The Hall–Kier alpha value is -0.640. The third-order valence-electron chi connectivity index (χ3n) is 1.66. The van der Waals surface area contributed by atoms with Crippen molar-refractivity contribution in [3.63, 3.8) is 0 Å². The number of aliphatic hydroxyl groups is 1. The molecule has 0 spiro atoms. The van der Waals surface area contributed by atoms with E-state index >= 15 is 0 Å². The largest absolute Gasteiger partial charge is 0.506 e. The number of rotatable bonds is 4. The highest BCUT2D eigenvalue weighted by atomic mass is 35.5. The minimum atomic E-state index is -0.643. The molecule has 0 saturated carbocycles. The van der Waals surface area contributed by atoms with E-state index in [4.69, 9.17) is 23.2 Å². The number of anilines is 1. The summed E-state index contributed by atoms with van der Waals surface area (Å²) in [5.41, 5.74) is 0.488. The second-order valence-corrected chi connectivity index (χ2v) is 3.60. The van der Waals surface area contributed by atoms with Crippen molar-refractivity contribution in [3.8, 4) is 5.75 Å². The standard InChI is InChI=1S/C9H11Cl2NO2/c10-4-7(13)5-12-8-3-6(11)1-2-9(8)14/h1-3,7,12-14H,4-5H2/t7-/m1/s1. The molecule has 0 unspecified atom stereocenters. The third-order valence-corrected chi connectivity index (χ3v) is 2.26. The molecule has 0 aliphatic heterocycles. The lowest BCUT2D eigenvalue weighted by Crippen LogP contribution is -2.20. The van der Waals surface area contributed by atoms with Gasteiger partial charge in [0.2, 0.25) is 0 Å². The molecule has 0 heterocycles. The summed E-state index contributed by atoms with van der Waals surface area (Å²) < 4.78 is 0. The first-order chi connectivity index (χ1) is 6.63. The number of alkyl halides is 1. The van der Waals surface area contributed by atoms with Gasteiger partial charge in [0, 0.05) is 11.6 Å². The molecule has 3 N–H and O–H groups in total. The molecular formula is C9H11Cl2NO2. The molecule has 0 saturated heterocycles. The maximum absolute atomic E-state index is 9.38. The molecule has 3 nitrogen and oxygen atoms in total. The summed E-state index contributed by atoms with van der Waals surface area (Å²) >= 11 is 11.1. The summed E-state index contributed by atoms with van der Waals surface area (Å²) in [5, 5.41) is 21.9. The predicted octanol–water partition coefficient (Wildman–Crippen LogP) is 2.06. The van der Waals surface area contributed by atoms with Gasteiger partial charge in [-0.05, 0) is 18.2 Å². The van der Waals surface area contributed by atoms with E-state index < -0.39 is 6.10 Å². The molecule has 0 aliphatic carbocycles. The van der Waals surface area contributed by atoms with E-state index in [1.54, 1.807) is 12.1 Å². The predicted molar refractivity (Wildman–Crippen MR) is 58.3 cm³/mol. The first-order valence-electron chi connectivity index (χ1n) is 4.10. The highest BCUT2D eigenvalue weighted by Gasteiger charge is 2.04. The SMILES string of the molecule is Oc1ccc(Cl)cc1NC[C@H](O)CCl. The first-order valence-corrected chi connectivity index (χ1v) is 5.01. The molecule has 78 valence electrons. The van der Waals surface area contributed by atoms with Crippen LogP contribution in [0.15, 0.2) is 18.2 Å². The van der Waals surface area contributed by atoms with Crippen LogP contribution in [-0.2, 0) is 0 Å². The van der Waals surface area contributed by atoms with E-state index in [0.717, 1.165) is 0 Å². The van der Waals surface area contributed by atoms with Gasteiger partial charge in [-0.25, -0.2) is 0 Å². The second-order valence-electron chi connectivity index (χ2n) is 2.85. The second kappa shape index (κ2) is 5.29. The Balaban J connectivity index is 2.62. The molecule has 0 aliphatic rings. The lowest BCUT2D eigenvalue weighted by atomic mass is 10.3. The zero-order chi connectivity index (χ0) is 10.6. The summed E-state index contributed by atoms with van der Waals surface area (Å²) in [7, 11) is 0. The molecule has 0 fully saturated rings. The number of hydrogen-bond donors (Lipinski definition) is 3. The summed E-state index contributed by atoms with van der Waals surface area (Å²) in [6.07, 6.45) is -0.643. The number of hydrogen-bond acceptors (Lipinski definition) is 3. The number of phenolic OH excluding ortho intramolecular Hbond substituents is 1. The average Bonchev–Trinajstić information content (AvgIpc) is 2.19. The molecule has 0 bridgehead atoms. The number of halogens is 2. The minimum absolute atomic E-state index is 0.0937. The number of phenols is 1. The van der Waals surface area contributed by atoms with Gasteiger partial charge in [0.1, 0.15) is 5.75 Å². The molecule has 1 aromatic rings. The van der Waals surface area contributed by atoms with E-state index in [2.05, 4.69) is 5.32 Å². The maximum atomic E-state index is 9.38. The van der Waals surface area contributed by atoms with Crippen LogP contribution >= 0.6 is 23.2 Å². The fourth-order valence-electron chi connectivity index (χ4n) is 0.932. The summed E-state index contributed by atoms with van der Waals surface area (Å²) in [6.45, 7) is 0.275. The maximum Gasteiger partial charge on any atom is 0.138 e. The molecule has 5 heteroatoms. The van der Waals surface area contributed by atoms with Gasteiger partial charge in [0.05, 0.1) is 17.7 Å². The van der Waals surface area contributed by atoms with Gasteiger partial charge >= 0.3 is 0 Å². The highest BCUT2D eigenvalue weighted by molar-refractivity contribution is 6.30. The number of aliphatic hydroxyl groups excluding tert-OH is 1. The van der Waals surface area contributed by atoms with Crippen LogP contribution in [0.25, 0.3) is 0 Å². The Morgan fingerprint density at radius 1 is 1.43 bits per heavy atom. The lowest BCUT2D eigenvalue weighted by Gasteiger charge is -2.11. The van der Waals surface area contributed by atoms with Gasteiger partial charge in [-0.3, -0.25) is 0 Å². The monoisotopic (exact) mass is 235 g/mol. The Kier molecular flexibility index (Phi) is 4.32. The van der Waals surface area contributed by atoms with Gasteiger partial charge in [-0.1, -0.05) is 11.6 Å². The normalized spacial score (nSPS) is 12.5. The molecular weight excluding hydrogens is 225 g/mol. The zero-order valence-electron chi connectivity index (χ0n) is 7.37. The van der Waals surface area contributed by atoms with Crippen LogP contribution in [0.1, 0.15) is 0 Å². The molecule has 1 atom stereocenters. The molecule has 14 heavy (non-hydrogen) atoms. The van der Waals surface area contributed by atoms with Gasteiger partial charge in [0.25, 0.3) is 0 Å². The topological polar surface area (TPSA) is 52.5 Å². The number of aromatic hydroxyl groups is 1. The Bertz CT molecular complexity index is 307. The molecule has 1 rings (SSSR count). The first kappa shape index (κ1) is 11.4. The van der Waals surface area contributed by atoms with Crippen LogP contribution in [0.4, 0.5) is 5.69 Å². The van der Waals surface area contributed by atoms with Crippen LogP contribution in [0.5, 0.6) is 5.75 Å². The fourth-order valence-corrected chi connectivity index (χ4v) is 1.21. The molecule has 0 radical (unpaired) electrons. The van der Waals surface area contributed by atoms with E-state index in [1.807, 2.05) is 0 Å².